The molecule has 3 heterocycles. The number of nitrogens with one attached hydrogen (secondary N) is 2. The van der Waals surface area contributed by atoms with Crippen LogP contribution in [0.2, 0.25) is 0 Å². The van der Waals surface area contributed by atoms with Crippen molar-refractivity contribution < 1.29 is 14.2 Å². The van der Waals surface area contributed by atoms with E-state index in [9.17, 15) is 0 Å². The zero-order valence-corrected chi connectivity index (χ0v) is 19.3. The molecule has 2 aliphatic rings. The highest BCUT2D eigenvalue weighted by Crippen LogP contribution is 2.31. The molecule has 2 saturated heterocycles. The number of hydrogen-bond acceptors (Lipinski definition) is 8. The smallest absolute Gasteiger partial charge is 0.246 e. The van der Waals surface area contributed by atoms with Crippen LogP contribution in [0.5, 0.6) is 11.5 Å². The van der Waals surface area contributed by atoms with Crippen molar-refractivity contribution in [3.63, 3.8) is 0 Å². The molecule has 0 amide bonds. The van der Waals surface area contributed by atoms with Gasteiger partial charge < -0.3 is 29.7 Å². The number of nitrogens with zero attached hydrogens (tertiary/aromatic N) is 4. The summed E-state index contributed by atoms with van der Waals surface area (Å²) in [4.78, 5) is 7.15. The largest absolute Gasteiger partial charge is 0.493 e. The molecule has 2 fully saturated rings. The summed E-state index contributed by atoms with van der Waals surface area (Å²) in [6, 6.07) is 6.29. The molecular weight excluding hydrogens is 408 g/mol. The van der Waals surface area contributed by atoms with E-state index in [1.165, 1.54) is 25.9 Å². The first kappa shape index (κ1) is 22.8. The molecule has 0 radical (unpaired) electrons. The first-order valence-corrected chi connectivity index (χ1v) is 11.7. The molecule has 4 rings (SSSR count). The van der Waals surface area contributed by atoms with Crippen molar-refractivity contribution in [3.05, 3.63) is 24.0 Å². The highest BCUT2D eigenvalue weighted by atomic mass is 16.5. The Balaban J connectivity index is 1.31. The maximum absolute atomic E-state index is 6.04. The fourth-order valence-corrected chi connectivity index (χ4v) is 4.23. The van der Waals surface area contributed by atoms with Gasteiger partial charge >= 0.3 is 0 Å². The van der Waals surface area contributed by atoms with Crippen molar-refractivity contribution in [2.24, 2.45) is 7.05 Å². The summed E-state index contributed by atoms with van der Waals surface area (Å²) < 4.78 is 18.8. The van der Waals surface area contributed by atoms with Crippen LogP contribution in [0.3, 0.4) is 0 Å². The lowest BCUT2D eigenvalue weighted by Crippen LogP contribution is -2.34. The SMILES string of the molecule is COc1ccc(Nc2nc(CNC3CCOCC3)n(C)n2)cc1OCCCN1CCCC1. The second-order valence-corrected chi connectivity index (χ2v) is 8.48. The second kappa shape index (κ2) is 11.5. The number of rotatable bonds is 11. The van der Waals surface area contributed by atoms with Crippen LogP contribution in [0.1, 0.15) is 37.9 Å². The van der Waals surface area contributed by atoms with Gasteiger partial charge in [-0.3, -0.25) is 0 Å². The maximum atomic E-state index is 6.04. The molecule has 9 nitrogen and oxygen atoms in total. The Morgan fingerprint density at radius 2 is 1.97 bits per heavy atom. The summed E-state index contributed by atoms with van der Waals surface area (Å²) in [6.45, 7) is 6.51. The van der Waals surface area contributed by atoms with Gasteiger partial charge in [-0.15, -0.1) is 5.10 Å². The molecule has 0 aliphatic carbocycles. The molecule has 0 atom stereocenters. The molecule has 2 N–H and O–H groups in total. The van der Waals surface area contributed by atoms with Crippen molar-refractivity contribution in [1.82, 2.24) is 25.0 Å². The van der Waals surface area contributed by atoms with Crippen molar-refractivity contribution in [2.45, 2.75) is 44.7 Å². The minimum Gasteiger partial charge on any atom is -0.493 e. The molecule has 0 saturated carbocycles. The normalized spacial score (nSPS) is 17.6. The zero-order valence-electron chi connectivity index (χ0n) is 19.3. The number of likely N-dealkylation sites (tertiary alicyclic amines) is 1. The topological polar surface area (TPSA) is 85.7 Å². The van der Waals surface area contributed by atoms with Crippen LogP contribution in [-0.2, 0) is 18.3 Å². The third kappa shape index (κ3) is 6.34. The molecule has 2 aromatic rings. The van der Waals surface area contributed by atoms with Crippen LogP contribution in [0, 0.1) is 0 Å². The van der Waals surface area contributed by atoms with Gasteiger partial charge in [-0.1, -0.05) is 0 Å². The standard InChI is InChI=1S/C23H36N6O3/c1-28-22(17-24-18-8-14-31-15-9-18)26-23(27-28)25-19-6-7-20(30-2)21(16-19)32-13-5-12-29-10-3-4-11-29/h6-7,16,18,24H,3-5,8-15,17H2,1-2H3,(H,25,27). The Hall–Kier alpha value is -2.36. The molecule has 176 valence electrons. The number of methoxy groups -OCH3 is 1. The van der Waals surface area contributed by atoms with E-state index in [0.717, 1.165) is 62.0 Å². The van der Waals surface area contributed by atoms with Crippen molar-refractivity contribution in [1.29, 1.82) is 0 Å². The lowest BCUT2D eigenvalue weighted by atomic mass is 10.1. The number of aromatic nitrogens is 3. The molecule has 1 aromatic carbocycles. The van der Waals surface area contributed by atoms with Crippen LogP contribution < -0.4 is 20.1 Å². The van der Waals surface area contributed by atoms with Crippen molar-refractivity contribution in [2.75, 3.05) is 51.9 Å². The number of hydrogen-bond donors (Lipinski definition) is 2. The third-order valence-corrected chi connectivity index (χ3v) is 6.12. The fraction of sp³-hybridized carbons (Fsp3) is 0.652. The van der Waals surface area contributed by atoms with Gasteiger partial charge in [0.2, 0.25) is 5.95 Å². The van der Waals surface area contributed by atoms with E-state index in [0.29, 0.717) is 25.1 Å². The van der Waals surface area contributed by atoms with Gasteiger partial charge in [0, 0.05) is 44.6 Å². The Kier molecular flexibility index (Phi) is 8.19. The van der Waals surface area contributed by atoms with Crippen LogP contribution in [0.25, 0.3) is 0 Å². The summed E-state index contributed by atoms with van der Waals surface area (Å²) in [5.74, 6) is 2.93. The lowest BCUT2D eigenvalue weighted by molar-refractivity contribution is 0.0773. The van der Waals surface area contributed by atoms with Crippen LogP contribution >= 0.6 is 0 Å². The predicted octanol–water partition coefficient (Wildman–Crippen LogP) is 2.70. The van der Waals surface area contributed by atoms with Gasteiger partial charge in [-0.2, -0.15) is 4.98 Å². The summed E-state index contributed by atoms with van der Waals surface area (Å²) in [7, 11) is 3.58. The van der Waals surface area contributed by atoms with E-state index in [1.807, 2.05) is 29.9 Å². The third-order valence-electron chi connectivity index (χ3n) is 6.12. The van der Waals surface area contributed by atoms with E-state index in [-0.39, 0.29) is 0 Å². The van der Waals surface area contributed by atoms with E-state index in [2.05, 4.69) is 25.6 Å². The highest BCUT2D eigenvalue weighted by molar-refractivity contribution is 5.59. The van der Waals surface area contributed by atoms with Gasteiger partial charge in [-0.25, -0.2) is 4.68 Å². The van der Waals surface area contributed by atoms with E-state index < -0.39 is 0 Å². The van der Waals surface area contributed by atoms with E-state index in [1.54, 1.807) is 7.11 Å². The van der Waals surface area contributed by atoms with Gasteiger partial charge in [-0.05, 0) is 57.3 Å². The maximum Gasteiger partial charge on any atom is 0.246 e. The molecular formula is C23H36N6O3. The van der Waals surface area contributed by atoms with Crippen LogP contribution in [0.4, 0.5) is 11.6 Å². The first-order chi connectivity index (χ1) is 15.7. The number of aryl methyl sites for hydroxylation is 1. The minimum absolute atomic E-state index is 0.476. The number of anilines is 2. The summed E-state index contributed by atoms with van der Waals surface area (Å²) in [5.41, 5.74) is 0.870. The van der Waals surface area contributed by atoms with E-state index >= 15 is 0 Å². The van der Waals surface area contributed by atoms with Gasteiger partial charge in [0.25, 0.3) is 0 Å². The minimum atomic E-state index is 0.476. The monoisotopic (exact) mass is 444 g/mol. The lowest BCUT2D eigenvalue weighted by Gasteiger charge is -2.22. The molecule has 0 bridgehead atoms. The highest BCUT2D eigenvalue weighted by Gasteiger charge is 2.16. The Morgan fingerprint density at radius 1 is 1.16 bits per heavy atom. The molecule has 32 heavy (non-hydrogen) atoms. The Labute approximate surface area is 190 Å². The Morgan fingerprint density at radius 3 is 2.75 bits per heavy atom. The average Bonchev–Trinajstić information content (AvgIpc) is 3.45. The van der Waals surface area contributed by atoms with Gasteiger partial charge in [0.15, 0.2) is 11.5 Å². The van der Waals surface area contributed by atoms with E-state index in [4.69, 9.17) is 14.2 Å². The summed E-state index contributed by atoms with van der Waals surface area (Å²) in [6.07, 6.45) is 5.71. The van der Waals surface area contributed by atoms with Crippen molar-refractivity contribution in [3.8, 4) is 11.5 Å². The number of benzene rings is 1. The quantitative estimate of drug-likeness (QED) is 0.512. The molecule has 9 heteroatoms. The summed E-state index contributed by atoms with van der Waals surface area (Å²) in [5, 5.41) is 11.4. The van der Waals surface area contributed by atoms with Crippen LogP contribution in [0.15, 0.2) is 18.2 Å². The van der Waals surface area contributed by atoms with Gasteiger partial charge in [0.1, 0.15) is 5.82 Å². The first-order valence-electron chi connectivity index (χ1n) is 11.7. The fourth-order valence-electron chi connectivity index (χ4n) is 4.23. The van der Waals surface area contributed by atoms with Crippen molar-refractivity contribution >= 4 is 11.6 Å². The number of ether oxygens (including phenoxy) is 3. The zero-order chi connectivity index (χ0) is 22.2. The van der Waals surface area contributed by atoms with Crippen LogP contribution in [-0.4, -0.2) is 72.3 Å². The molecule has 0 unspecified atom stereocenters. The average molecular weight is 445 g/mol. The Bertz CT molecular complexity index is 846. The second-order valence-electron chi connectivity index (χ2n) is 8.48. The van der Waals surface area contributed by atoms with Gasteiger partial charge in [0.05, 0.1) is 20.3 Å². The molecule has 1 aromatic heterocycles. The summed E-state index contributed by atoms with van der Waals surface area (Å²) >= 11 is 0. The predicted molar refractivity (Wildman–Crippen MR) is 124 cm³/mol. The molecule has 2 aliphatic heterocycles. The molecule has 0 spiro atoms.